The van der Waals surface area contributed by atoms with Crippen molar-refractivity contribution in [2.24, 2.45) is 0 Å². The molecule has 1 aliphatic rings. The van der Waals surface area contributed by atoms with E-state index >= 15 is 0 Å². The lowest BCUT2D eigenvalue weighted by atomic mass is 9.97. The van der Waals surface area contributed by atoms with E-state index in [2.05, 4.69) is 0 Å². The van der Waals surface area contributed by atoms with Gasteiger partial charge in [0.1, 0.15) is 5.58 Å². The SMILES string of the molecule is Cc1cc(C)c2oc3c(c(=O)c2c1)C(c1ccccc1)N(CCCOC(C)C)C3=O. The largest absolute Gasteiger partial charge is 0.450 e. The number of nitrogens with zero attached hydrogens (tertiary/aromatic N) is 1. The van der Waals surface area contributed by atoms with Crippen molar-refractivity contribution in [3.8, 4) is 0 Å². The lowest BCUT2D eigenvalue weighted by Gasteiger charge is -2.25. The molecule has 1 unspecified atom stereocenters. The third-order valence-electron chi connectivity index (χ3n) is 5.51. The maximum absolute atomic E-state index is 13.6. The summed E-state index contributed by atoms with van der Waals surface area (Å²) in [7, 11) is 0. The van der Waals surface area contributed by atoms with Gasteiger partial charge in [0.15, 0.2) is 5.43 Å². The van der Waals surface area contributed by atoms with Crippen molar-refractivity contribution in [2.75, 3.05) is 13.2 Å². The van der Waals surface area contributed by atoms with Gasteiger partial charge < -0.3 is 14.1 Å². The summed E-state index contributed by atoms with van der Waals surface area (Å²) in [5, 5.41) is 0.532. The van der Waals surface area contributed by atoms with E-state index in [1.165, 1.54) is 0 Å². The number of carbonyl (C=O) groups is 1. The third-order valence-corrected chi connectivity index (χ3v) is 5.51. The van der Waals surface area contributed by atoms with Gasteiger partial charge in [-0.05, 0) is 56.9 Å². The van der Waals surface area contributed by atoms with Crippen molar-refractivity contribution < 1.29 is 13.9 Å². The smallest absolute Gasteiger partial charge is 0.290 e. The van der Waals surface area contributed by atoms with E-state index in [-0.39, 0.29) is 23.2 Å². The summed E-state index contributed by atoms with van der Waals surface area (Å²) in [5.41, 5.74) is 3.57. The highest BCUT2D eigenvalue weighted by Crippen LogP contribution is 2.38. The number of hydrogen-bond donors (Lipinski definition) is 0. The molecule has 156 valence electrons. The maximum Gasteiger partial charge on any atom is 0.290 e. The van der Waals surface area contributed by atoms with Crippen LogP contribution in [0.5, 0.6) is 0 Å². The first-order valence-corrected chi connectivity index (χ1v) is 10.4. The summed E-state index contributed by atoms with van der Waals surface area (Å²) in [4.78, 5) is 28.6. The van der Waals surface area contributed by atoms with E-state index in [4.69, 9.17) is 9.15 Å². The molecule has 2 aromatic carbocycles. The highest BCUT2D eigenvalue weighted by atomic mass is 16.5. The lowest BCUT2D eigenvalue weighted by molar-refractivity contribution is 0.0593. The van der Waals surface area contributed by atoms with E-state index in [9.17, 15) is 9.59 Å². The molecule has 0 saturated carbocycles. The predicted octanol–water partition coefficient (Wildman–Crippen LogP) is 4.77. The molecule has 2 heterocycles. The number of carbonyl (C=O) groups excluding carboxylic acids is 1. The number of amides is 1. The van der Waals surface area contributed by atoms with E-state index in [1.54, 1.807) is 4.90 Å². The van der Waals surface area contributed by atoms with Crippen LogP contribution < -0.4 is 5.43 Å². The Bertz CT molecular complexity index is 1150. The van der Waals surface area contributed by atoms with Crippen LogP contribution in [0.2, 0.25) is 0 Å². The number of hydrogen-bond acceptors (Lipinski definition) is 4. The molecule has 4 rings (SSSR count). The van der Waals surface area contributed by atoms with Crippen molar-refractivity contribution in [2.45, 2.75) is 46.3 Å². The zero-order chi connectivity index (χ0) is 21.4. The van der Waals surface area contributed by atoms with Crippen molar-refractivity contribution in [3.05, 3.63) is 80.7 Å². The van der Waals surface area contributed by atoms with Crippen molar-refractivity contribution in [3.63, 3.8) is 0 Å². The molecule has 0 radical (unpaired) electrons. The number of aryl methyl sites for hydroxylation is 2. The van der Waals surface area contributed by atoms with Crippen LogP contribution in [-0.4, -0.2) is 30.1 Å². The van der Waals surface area contributed by atoms with Crippen LogP contribution in [0.3, 0.4) is 0 Å². The molecule has 0 aliphatic carbocycles. The second-order valence-electron chi connectivity index (χ2n) is 8.22. The van der Waals surface area contributed by atoms with Crippen LogP contribution in [0.15, 0.2) is 51.7 Å². The minimum absolute atomic E-state index is 0.124. The van der Waals surface area contributed by atoms with Gasteiger partial charge in [0, 0.05) is 13.2 Å². The first kappa shape index (κ1) is 20.4. The summed E-state index contributed by atoms with van der Waals surface area (Å²) >= 11 is 0. The average molecular weight is 405 g/mol. The predicted molar refractivity (Wildman–Crippen MR) is 117 cm³/mol. The Labute approximate surface area is 176 Å². The van der Waals surface area contributed by atoms with Gasteiger partial charge in [0.2, 0.25) is 5.76 Å². The van der Waals surface area contributed by atoms with Gasteiger partial charge >= 0.3 is 0 Å². The second-order valence-corrected chi connectivity index (χ2v) is 8.22. The fraction of sp³-hybridized carbons (Fsp3) is 0.360. The molecule has 1 amide bonds. The van der Waals surface area contributed by atoms with Gasteiger partial charge in [-0.1, -0.05) is 36.4 Å². The Morgan fingerprint density at radius 2 is 1.83 bits per heavy atom. The Morgan fingerprint density at radius 1 is 1.10 bits per heavy atom. The summed E-state index contributed by atoms with van der Waals surface area (Å²) < 4.78 is 11.7. The van der Waals surface area contributed by atoms with E-state index < -0.39 is 6.04 Å². The van der Waals surface area contributed by atoms with Gasteiger partial charge in [0.25, 0.3) is 5.91 Å². The lowest BCUT2D eigenvalue weighted by Crippen LogP contribution is -2.31. The van der Waals surface area contributed by atoms with E-state index in [0.717, 1.165) is 16.7 Å². The highest BCUT2D eigenvalue weighted by Gasteiger charge is 2.42. The summed E-state index contributed by atoms with van der Waals surface area (Å²) in [6.07, 6.45) is 0.828. The van der Waals surface area contributed by atoms with Crippen LogP contribution in [-0.2, 0) is 4.74 Å². The number of rotatable bonds is 6. The van der Waals surface area contributed by atoms with Crippen LogP contribution >= 0.6 is 0 Å². The van der Waals surface area contributed by atoms with Gasteiger partial charge in [-0.3, -0.25) is 9.59 Å². The van der Waals surface area contributed by atoms with Crippen LogP contribution in [0.4, 0.5) is 0 Å². The molecule has 3 aromatic rings. The number of benzene rings is 2. The molecular weight excluding hydrogens is 378 g/mol. The van der Waals surface area contributed by atoms with Gasteiger partial charge in [-0.15, -0.1) is 0 Å². The molecule has 1 aromatic heterocycles. The molecule has 5 nitrogen and oxygen atoms in total. The monoisotopic (exact) mass is 405 g/mol. The van der Waals surface area contributed by atoms with Crippen molar-refractivity contribution >= 4 is 16.9 Å². The van der Waals surface area contributed by atoms with Crippen LogP contribution in [0.1, 0.15) is 59.1 Å². The Kier molecular flexibility index (Phi) is 5.48. The van der Waals surface area contributed by atoms with Crippen molar-refractivity contribution in [1.29, 1.82) is 0 Å². The summed E-state index contributed by atoms with van der Waals surface area (Å²) in [6, 6.07) is 13.0. The molecule has 5 heteroatoms. The molecular formula is C25H27NO4. The fourth-order valence-electron chi connectivity index (χ4n) is 4.24. The maximum atomic E-state index is 13.6. The Morgan fingerprint density at radius 3 is 2.53 bits per heavy atom. The zero-order valence-corrected chi connectivity index (χ0v) is 17.9. The number of fused-ring (bicyclic) bond motifs is 2. The van der Waals surface area contributed by atoms with Crippen molar-refractivity contribution in [1.82, 2.24) is 4.90 Å². The molecule has 1 atom stereocenters. The fourth-order valence-corrected chi connectivity index (χ4v) is 4.24. The molecule has 0 spiro atoms. The Balaban J connectivity index is 1.84. The summed E-state index contributed by atoms with van der Waals surface area (Å²) in [6.45, 7) is 8.88. The van der Waals surface area contributed by atoms with Gasteiger partial charge in [-0.2, -0.15) is 0 Å². The highest BCUT2D eigenvalue weighted by molar-refractivity contribution is 5.99. The van der Waals surface area contributed by atoms with Crippen LogP contribution in [0.25, 0.3) is 11.0 Å². The first-order valence-electron chi connectivity index (χ1n) is 10.4. The van der Waals surface area contributed by atoms with Crippen LogP contribution in [0, 0.1) is 13.8 Å². The Hall–Kier alpha value is -2.92. The molecule has 30 heavy (non-hydrogen) atoms. The number of ether oxygens (including phenoxy) is 1. The normalized spacial score (nSPS) is 16.0. The second kappa shape index (κ2) is 8.07. The molecule has 1 aliphatic heterocycles. The first-order chi connectivity index (χ1) is 14.4. The average Bonchev–Trinajstić information content (AvgIpc) is 2.99. The van der Waals surface area contributed by atoms with E-state index in [1.807, 2.05) is 70.2 Å². The quantitative estimate of drug-likeness (QED) is 0.554. The van der Waals surface area contributed by atoms with E-state index in [0.29, 0.717) is 36.1 Å². The molecule has 0 saturated heterocycles. The molecule has 0 bridgehead atoms. The topological polar surface area (TPSA) is 59.8 Å². The minimum Gasteiger partial charge on any atom is -0.450 e. The third kappa shape index (κ3) is 3.54. The van der Waals surface area contributed by atoms with Gasteiger partial charge in [0.05, 0.1) is 23.1 Å². The standard InChI is InChI=1S/C25H27NO4/c1-15(2)29-12-8-11-26-21(18-9-6-5-7-10-18)20-22(27)19-14-16(3)13-17(4)23(19)30-24(20)25(26)28/h5-7,9-10,13-15,21H,8,11-12H2,1-4H3. The molecule has 0 N–H and O–H groups in total. The summed E-state index contributed by atoms with van der Waals surface area (Å²) in [5.74, 6) is -0.0690. The van der Waals surface area contributed by atoms with Gasteiger partial charge in [-0.25, -0.2) is 0 Å². The zero-order valence-electron chi connectivity index (χ0n) is 17.9. The minimum atomic E-state index is -0.450. The molecule has 0 fully saturated rings.